The van der Waals surface area contributed by atoms with Crippen molar-refractivity contribution >= 4 is 50.9 Å². The van der Waals surface area contributed by atoms with Crippen LogP contribution in [0.15, 0.2) is 39.2 Å². The number of guanidine groups is 1. The van der Waals surface area contributed by atoms with Crippen LogP contribution in [0.3, 0.4) is 0 Å². The molecule has 2 aliphatic heterocycles. The number of anilines is 2. The van der Waals surface area contributed by atoms with E-state index in [2.05, 4.69) is 20.8 Å². The van der Waals surface area contributed by atoms with E-state index in [-0.39, 0.29) is 18.4 Å². The molecule has 2 amide bonds. The van der Waals surface area contributed by atoms with Crippen molar-refractivity contribution < 1.29 is 14.0 Å². The number of furan rings is 1. The molecule has 0 spiro atoms. The lowest BCUT2D eigenvalue weighted by molar-refractivity contribution is -0.140. The van der Waals surface area contributed by atoms with Gasteiger partial charge in [-0.3, -0.25) is 9.59 Å². The Hall–Kier alpha value is -3.47. The number of carbonyl (C=O) groups excluding carboxylic acids is 2. The molecule has 2 N–H and O–H groups in total. The van der Waals surface area contributed by atoms with Crippen LogP contribution in [0.2, 0.25) is 0 Å². The fourth-order valence-electron chi connectivity index (χ4n) is 4.56. The van der Waals surface area contributed by atoms with Crippen molar-refractivity contribution in [1.82, 2.24) is 20.0 Å². The zero-order valence-electron chi connectivity index (χ0n) is 19.7. The summed E-state index contributed by atoms with van der Waals surface area (Å²) >= 11 is 1.34. The van der Waals surface area contributed by atoms with Crippen molar-refractivity contribution in [3.8, 4) is 0 Å². The Morgan fingerprint density at radius 3 is 2.80 bits per heavy atom. The summed E-state index contributed by atoms with van der Waals surface area (Å²) in [6.45, 7) is 4.17. The van der Waals surface area contributed by atoms with Gasteiger partial charge in [-0.25, -0.2) is 4.99 Å². The molecular formula is C24H29N7O3S. The Morgan fingerprint density at radius 2 is 2.00 bits per heavy atom. The fraction of sp³-hybridized carbons (Fsp3) is 0.458. The van der Waals surface area contributed by atoms with Gasteiger partial charge in [0.2, 0.25) is 22.9 Å². The van der Waals surface area contributed by atoms with Crippen LogP contribution in [0.5, 0.6) is 0 Å². The highest BCUT2D eigenvalue weighted by atomic mass is 32.1. The highest BCUT2D eigenvalue weighted by Crippen LogP contribution is 2.23. The minimum atomic E-state index is -0.591. The fourth-order valence-corrected chi connectivity index (χ4v) is 5.01. The van der Waals surface area contributed by atoms with E-state index in [1.54, 1.807) is 10.4 Å². The first kappa shape index (κ1) is 23.3. The van der Waals surface area contributed by atoms with E-state index in [4.69, 9.17) is 9.41 Å². The molecule has 0 saturated carbocycles. The number of hydrogen-bond acceptors (Lipinski definition) is 7. The molecule has 0 aliphatic carbocycles. The number of hydrogen-bond donors (Lipinski definition) is 2. The highest BCUT2D eigenvalue weighted by Gasteiger charge is 2.30. The summed E-state index contributed by atoms with van der Waals surface area (Å²) < 4.78 is 5.67. The van der Waals surface area contributed by atoms with Gasteiger partial charge in [0, 0.05) is 30.7 Å². The van der Waals surface area contributed by atoms with Crippen LogP contribution in [-0.2, 0) is 9.59 Å². The lowest BCUT2D eigenvalue weighted by Crippen LogP contribution is -2.45. The van der Waals surface area contributed by atoms with E-state index in [0.29, 0.717) is 24.1 Å². The average molecular weight is 496 g/mol. The first-order chi connectivity index (χ1) is 17.0. The number of nitrogens with zero attached hydrogens (tertiary/aromatic N) is 5. The van der Waals surface area contributed by atoms with Crippen molar-refractivity contribution in [3.63, 3.8) is 0 Å². The van der Waals surface area contributed by atoms with Gasteiger partial charge >= 0.3 is 0 Å². The van der Waals surface area contributed by atoms with E-state index in [0.717, 1.165) is 61.2 Å². The molecule has 0 radical (unpaired) electrons. The monoisotopic (exact) mass is 495 g/mol. The Morgan fingerprint density at radius 1 is 1.17 bits per heavy atom. The summed E-state index contributed by atoms with van der Waals surface area (Å²) in [4.78, 5) is 34.4. The second kappa shape index (κ2) is 10.4. The van der Waals surface area contributed by atoms with Crippen molar-refractivity contribution in [2.45, 2.75) is 45.1 Å². The standard InChI is InChI=1S/C24H29N7O3S/c1-16-12-17-13-18(7-8-20(17)34-16)26-23(28-24-29-25-15-35-24)27-19-6-2-3-11-31(22(19)33)14-21(32)30-9-4-5-10-30/h7-8,12-13,15,19H,2-6,9-11,14H2,1H3,(H2,26,27,28,29)/t19-/m0/s1. The van der Waals surface area contributed by atoms with Crippen LogP contribution in [-0.4, -0.2) is 70.0 Å². The summed E-state index contributed by atoms with van der Waals surface area (Å²) in [5, 5.41) is 15.9. The molecule has 2 aromatic heterocycles. The molecule has 2 fully saturated rings. The molecule has 35 heavy (non-hydrogen) atoms. The second-order valence-corrected chi connectivity index (χ2v) is 9.77. The van der Waals surface area contributed by atoms with Crippen LogP contribution < -0.4 is 10.6 Å². The summed E-state index contributed by atoms with van der Waals surface area (Å²) in [5.74, 6) is 1.15. The number of aromatic nitrogens is 2. The molecule has 11 heteroatoms. The van der Waals surface area contributed by atoms with Gasteiger partial charge in [0.05, 0.1) is 6.54 Å². The molecule has 3 aromatic rings. The van der Waals surface area contributed by atoms with E-state index in [9.17, 15) is 9.59 Å². The zero-order valence-corrected chi connectivity index (χ0v) is 20.5. The number of aryl methyl sites for hydroxylation is 1. The van der Waals surface area contributed by atoms with E-state index >= 15 is 0 Å². The molecule has 5 rings (SSSR count). The predicted molar refractivity (Wildman–Crippen MR) is 136 cm³/mol. The van der Waals surface area contributed by atoms with Crippen LogP contribution >= 0.6 is 11.3 Å². The van der Waals surface area contributed by atoms with Gasteiger partial charge in [-0.15, -0.1) is 10.2 Å². The first-order valence-electron chi connectivity index (χ1n) is 12.0. The molecule has 1 aromatic carbocycles. The largest absolute Gasteiger partial charge is 0.461 e. The lowest BCUT2D eigenvalue weighted by atomic mass is 10.1. The maximum Gasteiger partial charge on any atom is 0.247 e. The van der Waals surface area contributed by atoms with Crippen LogP contribution in [0.4, 0.5) is 10.8 Å². The van der Waals surface area contributed by atoms with Gasteiger partial charge in [0.1, 0.15) is 22.9 Å². The third-order valence-corrected chi connectivity index (χ3v) is 6.92. The van der Waals surface area contributed by atoms with Crippen molar-refractivity contribution in [1.29, 1.82) is 0 Å². The van der Waals surface area contributed by atoms with Gasteiger partial charge in [-0.1, -0.05) is 11.3 Å². The number of benzene rings is 1. The Balaban J connectivity index is 1.37. The Kier molecular flexibility index (Phi) is 6.94. The summed E-state index contributed by atoms with van der Waals surface area (Å²) in [6, 6.07) is 7.15. The second-order valence-electron chi connectivity index (χ2n) is 8.94. The van der Waals surface area contributed by atoms with Gasteiger partial charge in [0.25, 0.3) is 0 Å². The van der Waals surface area contributed by atoms with Crippen LogP contribution in [0.1, 0.15) is 37.9 Å². The maximum atomic E-state index is 13.4. The quantitative estimate of drug-likeness (QED) is 0.411. The summed E-state index contributed by atoms with van der Waals surface area (Å²) in [6.07, 6.45) is 4.40. The predicted octanol–water partition coefficient (Wildman–Crippen LogP) is 3.48. The number of nitrogens with one attached hydrogen (secondary N) is 2. The Bertz CT molecular complexity index is 1220. The number of carbonyl (C=O) groups is 2. The van der Waals surface area contributed by atoms with Crippen molar-refractivity contribution in [3.05, 3.63) is 35.5 Å². The third kappa shape index (κ3) is 5.61. The third-order valence-electron chi connectivity index (χ3n) is 6.31. The molecule has 1 atom stereocenters. The molecule has 2 aliphatic rings. The molecule has 2 saturated heterocycles. The molecular weight excluding hydrogens is 466 g/mol. The zero-order chi connectivity index (χ0) is 24.2. The molecule has 184 valence electrons. The molecule has 4 heterocycles. The Labute approximate surface area is 207 Å². The number of likely N-dealkylation sites (tertiary alicyclic amines) is 2. The number of amides is 2. The average Bonchev–Trinajstić information content (AvgIpc) is 3.59. The molecule has 10 nitrogen and oxygen atoms in total. The molecule has 0 bridgehead atoms. The van der Waals surface area contributed by atoms with E-state index in [1.807, 2.05) is 36.1 Å². The minimum Gasteiger partial charge on any atom is -0.461 e. The molecule has 0 unspecified atom stereocenters. The smallest absolute Gasteiger partial charge is 0.247 e. The van der Waals surface area contributed by atoms with Crippen LogP contribution in [0, 0.1) is 6.92 Å². The maximum absolute atomic E-state index is 13.4. The van der Waals surface area contributed by atoms with Gasteiger partial charge in [0.15, 0.2) is 0 Å². The normalized spacial score (nSPS) is 19.3. The highest BCUT2D eigenvalue weighted by molar-refractivity contribution is 7.13. The van der Waals surface area contributed by atoms with Crippen molar-refractivity contribution in [2.24, 2.45) is 4.99 Å². The summed E-state index contributed by atoms with van der Waals surface area (Å²) in [7, 11) is 0. The van der Waals surface area contributed by atoms with Gasteiger partial charge in [-0.05, 0) is 63.3 Å². The van der Waals surface area contributed by atoms with Crippen molar-refractivity contribution in [2.75, 3.05) is 36.8 Å². The number of aliphatic imine (C=N–C) groups is 1. The topological polar surface area (TPSA) is 116 Å². The number of rotatable bonds is 5. The van der Waals surface area contributed by atoms with E-state index < -0.39 is 6.04 Å². The first-order valence-corrected chi connectivity index (χ1v) is 12.9. The van der Waals surface area contributed by atoms with Gasteiger partial charge in [-0.2, -0.15) is 0 Å². The van der Waals surface area contributed by atoms with Crippen LogP contribution in [0.25, 0.3) is 11.0 Å². The SMILES string of the molecule is Cc1cc2cc(NC(=N[C@H]3CCCCN(CC(=O)N4CCCC4)C3=O)Nc3nncs3)ccc2o1. The minimum absolute atomic E-state index is 0.0227. The van der Waals surface area contributed by atoms with Gasteiger partial charge < -0.3 is 24.9 Å². The number of fused-ring (bicyclic) bond motifs is 1. The lowest BCUT2D eigenvalue weighted by Gasteiger charge is -2.25. The van der Waals surface area contributed by atoms with E-state index in [1.165, 1.54) is 11.3 Å². The summed E-state index contributed by atoms with van der Waals surface area (Å²) in [5.41, 5.74) is 3.24.